The summed E-state index contributed by atoms with van der Waals surface area (Å²) < 4.78 is 42.7. The van der Waals surface area contributed by atoms with Crippen LogP contribution in [-0.4, -0.2) is 47.9 Å². The molecule has 0 saturated heterocycles. The summed E-state index contributed by atoms with van der Waals surface area (Å²) in [5.41, 5.74) is 4.20. The molecule has 1 aliphatic rings. The smallest absolute Gasteiger partial charge is 0.407 e. The molecule has 2 aromatic carbocycles. The lowest BCUT2D eigenvalue weighted by Crippen LogP contribution is -2.46. The van der Waals surface area contributed by atoms with Crippen molar-refractivity contribution >= 4 is 18.0 Å². The van der Waals surface area contributed by atoms with E-state index < -0.39 is 49.1 Å². The molecule has 0 aliphatic heterocycles. The molecular weight excluding hydrogens is 441 g/mol. The fraction of sp³-hybridized carbons (Fsp3) is 0.348. The first-order valence-electron chi connectivity index (χ1n) is 10.3. The van der Waals surface area contributed by atoms with Gasteiger partial charge in [-0.15, -0.1) is 0 Å². The molecule has 33 heavy (non-hydrogen) atoms. The maximum Gasteiger partial charge on any atom is 0.407 e. The Kier molecular flexibility index (Phi) is 7.25. The number of benzene rings is 2. The topological polar surface area (TPSA) is 105 Å². The van der Waals surface area contributed by atoms with E-state index in [0.717, 1.165) is 22.3 Å². The highest BCUT2D eigenvalue weighted by Gasteiger charge is 2.36. The standard InChI is InChI=1S/C23H23F3N2O5/c1-13(10-20(29)28-19(21(30)31)11-23(24,25)26)27-22(32)33-12-18-16-8-4-2-6-14(16)15-7-3-5-9-17(15)18/h2-9,13,18-19H,10-12H2,1H3,(H,27,32)(H,28,29)(H,30,31)/t13-,19?/m1/s1. The van der Waals surface area contributed by atoms with Crippen LogP contribution in [0.15, 0.2) is 48.5 Å². The summed E-state index contributed by atoms with van der Waals surface area (Å²) in [4.78, 5) is 35.1. The van der Waals surface area contributed by atoms with Crippen molar-refractivity contribution in [1.82, 2.24) is 10.6 Å². The molecule has 1 unspecified atom stereocenters. The molecule has 0 saturated carbocycles. The fourth-order valence-electron chi connectivity index (χ4n) is 3.86. The number of ether oxygens (including phenoxy) is 1. The van der Waals surface area contributed by atoms with Crippen molar-refractivity contribution in [2.45, 2.75) is 43.9 Å². The van der Waals surface area contributed by atoms with Crippen LogP contribution in [-0.2, 0) is 14.3 Å². The van der Waals surface area contributed by atoms with Crippen LogP contribution in [0.1, 0.15) is 36.8 Å². The van der Waals surface area contributed by atoms with E-state index in [9.17, 15) is 27.6 Å². The number of carboxylic acids is 1. The molecule has 0 bridgehead atoms. The van der Waals surface area contributed by atoms with Crippen molar-refractivity contribution in [3.63, 3.8) is 0 Å². The zero-order chi connectivity index (χ0) is 24.2. The molecule has 2 aromatic rings. The van der Waals surface area contributed by atoms with Crippen LogP contribution in [0.2, 0.25) is 0 Å². The molecule has 3 rings (SSSR count). The maximum atomic E-state index is 12.5. The summed E-state index contributed by atoms with van der Waals surface area (Å²) in [5, 5.41) is 13.1. The van der Waals surface area contributed by atoms with Gasteiger partial charge >= 0.3 is 18.2 Å². The highest BCUT2D eigenvalue weighted by atomic mass is 19.4. The number of hydrogen-bond acceptors (Lipinski definition) is 4. The minimum absolute atomic E-state index is 0.0610. The monoisotopic (exact) mass is 464 g/mol. The van der Waals surface area contributed by atoms with Gasteiger partial charge in [0.2, 0.25) is 5.91 Å². The third-order valence-electron chi connectivity index (χ3n) is 5.27. The normalized spacial score (nSPS) is 14.5. The number of halogens is 3. The average molecular weight is 464 g/mol. The Balaban J connectivity index is 1.52. The van der Waals surface area contributed by atoms with E-state index in [4.69, 9.17) is 9.84 Å². The molecule has 2 amide bonds. The van der Waals surface area contributed by atoms with Gasteiger partial charge in [-0.05, 0) is 29.2 Å². The van der Waals surface area contributed by atoms with Gasteiger partial charge in [-0.25, -0.2) is 9.59 Å². The Hall–Kier alpha value is -3.56. The number of nitrogens with one attached hydrogen (secondary N) is 2. The first-order valence-corrected chi connectivity index (χ1v) is 10.3. The number of fused-ring (bicyclic) bond motifs is 3. The van der Waals surface area contributed by atoms with Gasteiger partial charge in [0.1, 0.15) is 12.6 Å². The van der Waals surface area contributed by atoms with Crippen molar-refractivity contribution in [3.05, 3.63) is 59.7 Å². The Morgan fingerprint density at radius 1 is 1.00 bits per heavy atom. The van der Waals surface area contributed by atoms with E-state index in [0.29, 0.717) is 0 Å². The van der Waals surface area contributed by atoms with E-state index >= 15 is 0 Å². The van der Waals surface area contributed by atoms with Crippen molar-refractivity contribution < 1.29 is 37.4 Å². The molecule has 3 N–H and O–H groups in total. The van der Waals surface area contributed by atoms with Gasteiger partial charge in [0, 0.05) is 18.4 Å². The van der Waals surface area contributed by atoms with Gasteiger partial charge in [0.25, 0.3) is 0 Å². The second kappa shape index (κ2) is 9.93. The van der Waals surface area contributed by atoms with Crippen LogP contribution in [0, 0.1) is 0 Å². The van der Waals surface area contributed by atoms with E-state index in [-0.39, 0.29) is 12.5 Å². The third kappa shape index (κ3) is 6.24. The van der Waals surface area contributed by atoms with Crippen LogP contribution < -0.4 is 10.6 Å². The lowest BCUT2D eigenvalue weighted by Gasteiger charge is -2.19. The van der Waals surface area contributed by atoms with Crippen LogP contribution in [0.4, 0.5) is 18.0 Å². The van der Waals surface area contributed by atoms with Crippen LogP contribution >= 0.6 is 0 Å². The quantitative estimate of drug-likeness (QED) is 0.551. The van der Waals surface area contributed by atoms with Crippen LogP contribution in [0.3, 0.4) is 0 Å². The average Bonchev–Trinajstić information content (AvgIpc) is 3.04. The van der Waals surface area contributed by atoms with E-state index in [2.05, 4.69) is 5.32 Å². The SMILES string of the molecule is C[C@H](CC(=O)NC(CC(F)(F)F)C(=O)O)NC(=O)OCC1c2ccccc2-c2ccccc21. The predicted octanol–water partition coefficient (Wildman–Crippen LogP) is 3.83. The number of carbonyl (C=O) groups excluding carboxylic acids is 2. The van der Waals surface area contributed by atoms with Crippen molar-refractivity contribution in [1.29, 1.82) is 0 Å². The Labute approximate surface area is 187 Å². The summed E-state index contributed by atoms with van der Waals surface area (Å²) >= 11 is 0. The fourth-order valence-corrected chi connectivity index (χ4v) is 3.86. The van der Waals surface area contributed by atoms with Gasteiger partial charge in [0.15, 0.2) is 0 Å². The molecule has 7 nitrogen and oxygen atoms in total. The Morgan fingerprint density at radius 2 is 1.55 bits per heavy atom. The number of rotatable bonds is 8. The molecule has 0 aromatic heterocycles. The number of carbonyl (C=O) groups is 3. The zero-order valence-corrected chi connectivity index (χ0v) is 17.7. The van der Waals surface area contributed by atoms with Crippen molar-refractivity contribution in [2.75, 3.05) is 6.61 Å². The molecule has 0 fully saturated rings. The third-order valence-corrected chi connectivity index (χ3v) is 5.27. The van der Waals surface area contributed by atoms with Gasteiger partial charge in [0.05, 0.1) is 6.42 Å². The summed E-state index contributed by atoms with van der Waals surface area (Å²) in [5.74, 6) is -2.88. The number of hydrogen-bond donors (Lipinski definition) is 3. The molecule has 2 atom stereocenters. The summed E-state index contributed by atoms with van der Waals surface area (Å²) in [6.07, 6.45) is -7.64. The van der Waals surface area contributed by atoms with E-state index in [1.807, 2.05) is 53.8 Å². The number of carboxylic acid groups (broad SMARTS) is 1. The molecule has 0 spiro atoms. The van der Waals surface area contributed by atoms with E-state index in [1.54, 1.807) is 0 Å². The first-order chi connectivity index (χ1) is 15.5. The Morgan fingerprint density at radius 3 is 2.06 bits per heavy atom. The number of aliphatic carboxylic acids is 1. The van der Waals surface area contributed by atoms with Crippen molar-refractivity contribution in [3.8, 4) is 11.1 Å². The van der Waals surface area contributed by atoms with E-state index in [1.165, 1.54) is 6.92 Å². The lowest BCUT2D eigenvalue weighted by atomic mass is 9.98. The summed E-state index contributed by atoms with van der Waals surface area (Å²) in [6, 6.07) is 12.7. The van der Waals surface area contributed by atoms with Crippen molar-refractivity contribution in [2.24, 2.45) is 0 Å². The maximum absolute atomic E-state index is 12.5. The summed E-state index contributed by atoms with van der Waals surface area (Å²) in [6.45, 7) is 1.52. The van der Waals surface area contributed by atoms with Gasteiger partial charge in [-0.3, -0.25) is 4.79 Å². The molecule has 10 heteroatoms. The number of alkyl carbamates (subject to hydrolysis) is 1. The molecule has 0 heterocycles. The van der Waals surface area contributed by atoms with Gasteiger partial charge < -0.3 is 20.5 Å². The Bertz CT molecular complexity index is 995. The van der Waals surface area contributed by atoms with Crippen LogP contribution in [0.25, 0.3) is 11.1 Å². The molecule has 176 valence electrons. The zero-order valence-electron chi connectivity index (χ0n) is 17.7. The minimum Gasteiger partial charge on any atom is -0.480 e. The van der Waals surface area contributed by atoms with Crippen LogP contribution in [0.5, 0.6) is 0 Å². The molecular formula is C23H23F3N2O5. The second-order valence-corrected chi connectivity index (χ2v) is 7.85. The highest BCUT2D eigenvalue weighted by molar-refractivity contribution is 5.84. The van der Waals surface area contributed by atoms with Gasteiger partial charge in [-0.2, -0.15) is 13.2 Å². The minimum atomic E-state index is -4.75. The predicted molar refractivity (Wildman–Crippen MR) is 113 cm³/mol. The largest absolute Gasteiger partial charge is 0.480 e. The number of amides is 2. The lowest BCUT2D eigenvalue weighted by molar-refractivity contribution is -0.160. The first kappa shape index (κ1) is 24.1. The second-order valence-electron chi connectivity index (χ2n) is 7.85. The number of alkyl halides is 3. The molecule has 1 aliphatic carbocycles. The van der Waals surface area contributed by atoms with Gasteiger partial charge in [-0.1, -0.05) is 48.5 Å². The molecule has 0 radical (unpaired) electrons. The summed E-state index contributed by atoms with van der Waals surface area (Å²) in [7, 11) is 0. The highest BCUT2D eigenvalue weighted by Crippen LogP contribution is 2.44.